The van der Waals surface area contributed by atoms with E-state index in [1.54, 1.807) is 30.5 Å². The number of nitrogens with one attached hydrogen (secondary N) is 1. The summed E-state index contributed by atoms with van der Waals surface area (Å²) in [4.78, 5) is 17.0. The van der Waals surface area contributed by atoms with Gasteiger partial charge in [-0.15, -0.1) is 0 Å². The highest BCUT2D eigenvalue weighted by Crippen LogP contribution is 2.21. The lowest BCUT2D eigenvalue weighted by Crippen LogP contribution is -2.22. The lowest BCUT2D eigenvalue weighted by atomic mass is 10.2. The summed E-state index contributed by atoms with van der Waals surface area (Å²) in [5.41, 5.74) is 2.04. The van der Waals surface area contributed by atoms with E-state index in [2.05, 4.69) is 10.3 Å². The summed E-state index contributed by atoms with van der Waals surface area (Å²) in [6.45, 7) is 1.48. The lowest BCUT2D eigenvalue weighted by molar-refractivity contribution is 0.280. The van der Waals surface area contributed by atoms with Crippen molar-refractivity contribution in [3.63, 3.8) is 0 Å². The summed E-state index contributed by atoms with van der Waals surface area (Å²) in [6, 6.07) is 10.7. The van der Waals surface area contributed by atoms with Gasteiger partial charge in [-0.3, -0.25) is 9.20 Å². The molecule has 0 spiro atoms. The number of halogens is 1. The third kappa shape index (κ3) is 3.21. The molecule has 0 fully saturated rings. The van der Waals surface area contributed by atoms with Crippen LogP contribution < -0.4 is 10.9 Å². The average Bonchev–Trinajstić information content (AvgIpc) is 2.49. The predicted octanol–water partition coefficient (Wildman–Crippen LogP) is 3.53. The molecular weight excluding hydrogens is 314 g/mol. The Kier molecular flexibility index (Phi) is 5.03. The van der Waals surface area contributed by atoms with Crippen LogP contribution in [-0.4, -0.2) is 14.5 Å². The summed E-state index contributed by atoms with van der Waals surface area (Å²) < 4.78 is 1.43. The Morgan fingerprint density at radius 3 is 2.78 bits per heavy atom. The monoisotopic (exact) mass is 331 g/mol. The average molecular weight is 332 g/mol. The van der Waals surface area contributed by atoms with Crippen LogP contribution in [0, 0.1) is 6.92 Å². The predicted molar refractivity (Wildman–Crippen MR) is 93.6 cm³/mol. The summed E-state index contributed by atoms with van der Waals surface area (Å²) in [5, 5.41) is 13.2. The summed E-state index contributed by atoms with van der Waals surface area (Å²) >= 11 is 5.96. The largest absolute Gasteiger partial charge is 0.391 e. The van der Waals surface area contributed by atoms with Crippen molar-refractivity contribution in [1.29, 1.82) is 0 Å². The number of fused-ring (bicyclic) bond motifs is 1. The number of aliphatic hydroxyl groups is 1. The van der Waals surface area contributed by atoms with Crippen LogP contribution >= 0.6 is 11.6 Å². The summed E-state index contributed by atoms with van der Waals surface area (Å²) in [6.07, 6.45) is 1.64. The van der Waals surface area contributed by atoms with Gasteiger partial charge in [0, 0.05) is 16.9 Å². The minimum Gasteiger partial charge on any atom is -0.391 e. The Bertz CT molecular complexity index is 906. The highest BCUT2D eigenvalue weighted by Gasteiger charge is 2.13. The van der Waals surface area contributed by atoms with Gasteiger partial charge in [-0.2, -0.15) is 0 Å². The second kappa shape index (κ2) is 6.81. The van der Waals surface area contributed by atoms with Crippen molar-refractivity contribution >= 4 is 28.8 Å². The Balaban J connectivity index is 0.00000192. The number of anilines is 2. The number of pyridine rings is 1. The van der Waals surface area contributed by atoms with Crippen LogP contribution in [0.4, 0.5) is 11.5 Å². The fourth-order valence-electron chi connectivity index (χ4n) is 2.28. The van der Waals surface area contributed by atoms with E-state index >= 15 is 0 Å². The molecule has 120 valence electrons. The smallest absolute Gasteiger partial charge is 0.265 e. The number of aliphatic hydroxyl groups excluding tert-OH is 1. The normalized spacial score (nSPS) is 10.4. The lowest BCUT2D eigenvalue weighted by Gasteiger charge is -2.12. The van der Waals surface area contributed by atoms with Gasteiger partial charge in [0.15, 0.2) is 0 Å². The van der Waals surface area contributed by atoms with Gasteiger partial charge in [0.05, 0.1) is 12.2 Å². The van der Waals surface area contributed by atoms with E-state index in [9.17, 15) is 9.90 Å². The molecule has 1 aromatic carbocycles. The molecule has 0 radical (unpaired) electrons. The van der Waals surface area contributed by atoms with Crippen LogP contribution in [0.2, 0.25) is 5.02 Å². The fourth-order valence-corrected chi connectivity index (χ4v) is 2.47. The Labute approximate surface area is 139 Å². The zero-order valence-corrected chi connectivity index (χ0v) is 12.6. The molecule has 5 nitrogen and oxygen atoms in total. The third-order valence-electron chi connectivity index (χ3n) is 3.39. The first-order valence-corrected chi connectivity index (χ1v) is 7.12. The van der Waals surface area contributed by atoms with Gasteiger partial charge in [-0.25, -0.2) is 4.98 Å². The van der Waals surface area contributed by atoms with E-state index in [1.165, 1.54) is 4.40 Å². The molecule has 3 aromatic rings. The van der Waals surface area contributed by atoms with Gasteiger partial charge < -0.3 is 10.4 Å². The SMILES string of the molecule is C.Cc1cccn2c(=O)c(CO)c(Nc3cccc(Cl)c3)nc12. The van der Waals surface area contributed by atoms with E-state index in [-0.39, 0.29) is 18.5 Å². The van der Waals surface area contributed by atoms with E-state index in [1.807, 2.05) is 19.1 Å². The molecule has 2 heterocycles. The van der Waals surface area contributed by atoms with Gasteiger partial charge in [-0.05, 0) is 36.8 Å². The Hall–Kier alpha value is -2.37. The molecule has 0 saturated carbocycles. The molecular formula is C17H18ClN3O2. The maximum Gasteiger partial charge on any atom is 0.265 e. The quantitative estimate of drug-likeness (QED) is 0.770. The molecule has 0 bridgehead atoms. The molecule has 3 rings (SSSR count). The second-order valence-electron chi connectivity index (χ2n) is 4.92. The van der Waals surface area contributed by atoms with Gasteiger partial charge in [0.1, 0.15) is 11.5 Å². The fraction of sp³-hybridized carbons (Fsp3) is 0.176. The number of nitrogens with zero attached hydrogens (tertiary/aromatic N) is 2. The van der Waals surface area contributed by atoms with E-state index in [0.29, 0.717) is 22.2 Å². The minimum atomic E-state index is -0.397. The molecule has 0 atom stereocenters. The number of rotatable bonds is 3. The first-order valence-electron chi connectivity index (χ1n) is 6.74. The second-order valence-corrected chi connectivity index (χ2v) is 5.36. The molecule has 0 aliphatic heterocycles. The standard InChI is InChI=1S/C16H14ClN3O2.CH4/c1-10-4-3-7-20-15(10)19-14(13(9-21)16(20)22)18-12-6-2-5-11(17)8-12;/h2-8,18,21H,9H2,1H3;1H4. The van der Waals surface area contributed by atoms with Crippen molar-refractivity contribution < 1.29 is 5.11 Å². The molecule has 2 aromatic heterocycles. The Morgan fingerprint density at radius 2 is 2.09 bits per heavy atom. The van der Waals surface area contributed by atoms with Crippen LogP contribution in [0.5, 0.6) is 0 Å². The highest BCUT2D eigenvalue weighted by atomic mass is 35.5. The van der Waals surface area contributed by atoms with E-state index in [4.69, 9.17) is 11.6 Å². The van der Waals surface area contributed by atoms with Crippen molar-refractivity contribution in [2.45, 2.75) is 21.0 Å². The zero-order chi connectivity index (χ0) is 15.7. The van der Waals surface area contributed by atoms with Gasteiger partial charge >= 0.3 is 0 Å². The topological polar surface area (TPSA) is 66.6 Å². The third-order valence-corrected chi connectivity index (χ3v) is 3.62. The van der Waals surface area contributed by atoms with Crippen molar-refractivity contribution in [1.82, 2.24) is 9.38 Å². The number of aryl methyl sites for hydroxylation is 1. The van der Waals surface area contributed by atoms with Crippen LogP contribution in [0.25, 0.3) is 5.65 Å². The van der Waals surface area contributed by atoms with Crippen LogP contribution in [0.15, 0.2) is 47.4 Å². The first-order chi connectivity index (χ1) is 10.6. The Morgan fingerprint density at radius 1 is 1.30 bits per heavy atom. The van der Waals surface area contributed by atoms with Crippen molar-refractivity contribution in [2.75, 3.05) is 5.32 Å². The number of hydrogen-bond acceptors (Lipinski definition) is 4. The van der Waals surface area contributed by atoms with Gasteiger partial charge in [0.2, 0.25) is 0 Å². The first kappa shape index (κ1) is 17.0. The maximum absolute atomic E-state index is 12.5. The van der Waals surface area contributed by atoms with Crippen molar-refractivity contribution in [2.24, 2.45) is 0 Å². The molecule has 0 aliphatic rings. The van der Waals surface area contributed by atoms with E-state index < -0.39 is 6.61 Å². The number of aromatic nitrogens is 2. The number of hydrogen-bond donors (Lipinski definition) is 2. The summed E-state index contributed by atoms with van der Waals surface area (Å²) in [5.74, 6) is 0.337. The molecule has 2 N–H and O–H groups in total. The van der Waals surface area contributed by atoms with Gasteiger partial charge in [-0.1, -0.05) is 31.2 Å². The molecule has 0 aliphatic carbocycles. The maximum atomic E-state index is 12.5. The van der Waals surface area contributed by atoms with Gasteiger partial charge in [0.25, 0.3) is 5.56 Å². The molecule has 0 unspecified atom stereocenters. The van der Waals surface area contributed by atoms with E-state index in [0.717, 1.165) is 5.56 Å². The zero-order valence-electron chi connectivity index (χ0n) is 11.9. The minimum absolute atomic E-state index is 0. The van der Waals surface area contributed by atoms with Crippen molar-refractivity contribution in [3.05, 3.63) is 69.1 Å². The van der Waals surface area contributed by atoms with Crippen LogP contribution in [0.3, 0.4) is 0 Å². The van der Waals surface area contributed by atoms with Crippen LogP contribution in [0.1, 0.15) is 18.6 Å². The molecule has 0 amide bonds. The van der Waals surface area contributed by atoms with Crippen LogP contribution in [-0.2, 0) is 6.61 Å². The molecule has 0 saturated heterocycles. The molecule has 23 heavy (non-hydrogen) atoms. The molecule has 6 heteroatoms. The van der Waals surface area contributed by atoms with Crippen molar-refractivity contribution in [3.8, 4) is 0 Å². The number of benzene rings is 1. The summed E-state index contributed by atoms with van der Waals surface area (Å²) in [7, 11) is 0. The highest BCUT2D eigenvalue weighted by molar-refractivity contribution is 6.30.